The molecule has 0 fully saturated rings. The van der Waals surface area contributed by atoms with Crippen LogP contribution >= 0.6 is 0 Å². The Morgan fingerprint density at radius 1 is 1.03 bits per heavy atom. The zero-order valence-corrected chi connectivity index (χ0v) is 17.2. The molecule has 2 N–H and O–H groups in total. The van der Waals surface area contributed by atoms with Gasteiger partial charge in [-0.2, -0.15) is 0 Å². The monoisotopic (exact) mass is 409 g/mol. The van der Waals surface area contributed by atoms with E-state index in [-0.39, 0.29) is 5.75 Å². The summed E-state index contributed by atoms with van der Waals surface area (Å²) in [6.07, 6.45) is -0.515. The molecule has 0 aliphatic carbocycles. The summed E-state index contributed by atoms with van der Waals surface area (Å²) in [4.78, 5) is 11.2. The number of benzene rings is 2. The van der Waals surface area contributed by atoms with Crippen LogP contribution < -0.4 is 4.74 Å². The molecule has 0 amide bonds. The number of phenols is 1. The lowest BCUT2D eigenvalue weighted by atomic mass is 10.1. The van der Waals surface area contributed by atoms with Gasteiger partial charge < -0.3 is 24.3 Å². The fourth-order valence-corrected chi connectivity index (χ4v) is 3.36. The van der Waals surface area contributed by atoms with Crippen molar-refractivity contribution in [2.45, 2.75) is 32.9 Å². The van der Waals surface area contributed by atoms with Gasteiger partial charge in [0.15, 0.2) is 6.10 Å². The van der Waals surface area contributed by atoms with E-state index in [1.54, 1.807) is 19.1 Å². The van der Waals surface area contributed by atoms with E-state index < -0.39 is 12.1 Å². The van der Waals surface area contributed by atoms with Gasteiger partial charge in [0.2, 0.25) is 0 Å². The minimum Gasteiger partial charge on any atom is -0.508 e. The van der Waals surface area contributed by atoms with Gasteiger partial charge in [0.25, 0.3) is 0 Å². The number of carboxylic acid groups (broad SMARTS) is 1. The van der Waals surface area contributed by atoms with Crippen LogP contribution in [0.5, 0.6) is 11.5 Å². The second-order valence-corrected chi connectivity index (χ2v) is 7.04. The van der Waals surface area contributed by atoms with E-state index in [1.807, 2.05) is 36.4 Å². The molecule has 0 bridgehead atoms. The Morgan fingerprint density at radius 3 is 2.37 bits per heavy atom. The number of aromatic hydroxyl groups is 1. The summed E-state index contributed by atoms with van der Waals surface area (Å²) in [5, 5.41) is 18.7. The molecule has 1 atom stereocenters. The summed E-state index contributed by atoms with van der Waals surface area (Å²) in [5.41, 5.74) is 4.13. The molecule has 3 aromatic rings. The molecule has 1 aromatic heterocycles. The van der Waals surface area contributed by atoms with Crippen molar-refractivity contribution in [1.29, 1.82) is 0 Å². The molecule has 0 spiro atoms. The Hall–Kier alpha value is -3.25. The third-order valence-corrected chi connectivity index (χ3v) is 4.93. The third kappa shape index (κ3) is 5.42. The quantitative estimate of drug-likeness (QED) is 0.522. The second-order valence-electron chi connectivity index (χ2n) is 7.04. The lowest BCUT2D eigenvalue weighted by Crippen LogP contribution is -2.26. The number of phenolic OH excluding ortho intramolecular Hbond substituents is 1. The number of aryl methyl sites for hydroxylation is 1. The van der Waals surface area contributed by atoms with E-state index in [1.165, 1.54) is 0 Å². The van der Waals surface area contributed by atoms with Gasteiger partial charge in [-0.1, -0.05) is 12.1 Å². The molecule has 158 valence electrons. The highest BCUT2D eigenvalue weighted by atomic mass is 16.5. The highest BCUT2D eigenvalue weighted by Crippen LogP contribution is 2.24. The van der Waals surface area contributed by atoms with Gasteiger partial charge in [-0.3, -0.25) is 0 Å². The summed E-state index contributed by atoms with van der Waals surface area (Å²) in [5.74, 6) is 0.0259. The van der Waals surface area contributed by atoms with Crippen LogP contribution in [0.3, 0.4) is 0 Å². The van der Waals surface area contributed by atoms with Gasteiger partial charge in [-0.15, -0.1) is 0 Å². The maximum Gasteiger partial charge on any atom is 0.333 e. The highest BCUT2D eigenvalue weighted by Gasteiger charge is 2.17. The van der Waals surface area contributed by atoms with Crippen molar-refractivity contribution in [2.24, 2.45) is 0 Å². The first-order valence-corrected chi connectivity index (χ1v) is 9.99. The van der Waals surface area contributed by atoms with Crippen LogP contribution in [0.1, 0.15) is 18.2 Å². The third-order valence-electron chi connectivity index (χ3n) is 4.93. The van der Waals surface area contributed by atoms with E-state index in [2.05, 4.69) is 23.6 Å². The standard InChI is InChI=1S/C24H27NO5/c1-3-29-23(24(27)28)16-18-5-11-21(12-6-18)30-15-14-25-17(2)4-13-22(25)19-7-9-20(26)10-8-19/h4-13,23,26H,3,14-16H2,1-2H3,(H,27,28). The number of hydrogen-bond donors (Lipinski definition) is 2. The summed E-state index contributed by atoms with van der Waals surface area (Å²) in [6.45, 7) is 5.38. The molecule has 0 aliphatic heterocycles. The minimum absolute atomic E-state index is 0.247. The number of hydrogen-bond acceptors (Lipinski definition) is 4. The van der Waals surface area contributed by atoms with Gasteiger partial charge in [0, 0.05) is 24.4 Å². The normalized spacial score (nSPS) is 11.9. The molecule has 30 heavy (non-hydrogen) atoms. The lowest BCUT2D eigenvalue weighted by molar-refractivity contribution is -0.149. The maximum absolute atomic E-state index is 11.2. The molecule has 1 unspecified atom stereocenters. The predicted molar refractivity (Wildman–Crippen MR) is 115 cm³/mol. The molecule has 1 heterocycles. The second kappa shape index (κ2) is 9.98. The number of ether oxygens (including phenoxy) is 2. The number of aromatic nitrogens is 1. The summed E-state index contributed by atoms with van der Waals surface area (Å²) < 4.78 is 13.3. The fraction of sp³-hybridized carbons (Fsp3) is 0.292. The zero-order chi connectivity index (χ0) is 21.5. The SMILES string of the molecule is CCOC(Cc1ccc(OCCn2c(C)ccc2-c2ccc(O)cc2)cc1)C(=O)O. The number of carbonyl (C=O) groups is 1. The molecule has 0 saturated carbocycles. The van der Waals surface area contributed by atoms with E-state index in [4.69, 9.17) is 9.47 Å². The van der Waals surface area contributed by atoms with E-state index in [0.29, 0.717) is 26.2 Å². The zero-order valence-electron chi connectivity index (χ0n) is 17.2. The first kappa shape index (κ1) is 21.5. The number of nitrogens with zero attached hydrogens (tertiary/aromatic N) is 1. The smallest absolute Gasteiger partial charge is 0.333 e. The van der Waals surface area contributed by atoms with Crippen molar-refractivity contribution >= 4 is 5.97 Å². The summed E-state index contributed by atoms with van der Waals surface area (Å²) >= 11 is 0. The van der Waals surface area contributed by atoms with Crippen LogP contribution in [0.15, 0.2) is 60.7 Å². The minimum atomic E-state index is -0.955. The van der Waals surface area contributed by atoms with Crippen molar-refractivity contribution in [3.8, 4) is 22.8 Å². The molecular formula is C24H27NO5. The molecule has 0 radical (unpaired) electrons. The van der Waals surface area contributed by atoms with Crippen molar-refractivity contribution in [3.05, 3.63) is 71.9 Å². The molecule has 6 nitrogen and oxygen atoms in total. The van der Waals surface area contributed by atoms with Crippen LogP contribution in [-0.4, -0.2) is 40.1 Å². The van der Waals surface area contributed by atoms with Crippen LogP contribution in [0, 0.1) is 6.92 Å². The maximum atomic E-state index is 11.2. The van der Waals surface area contributed by atoms with Crippen molar-refractivity contribution < 1.29 is 24.5 Å². The first-order valence-electron chi connectivity index (χ1n) is 9.99. The van der Waals surface area contributed by atoms with E-state index in [0.717, 1.165) is 28.3 Å². The van der Waals surface area contributed by atoms with Gasteiger partial charge >= 0.3 is 5.97 Å². The topological polar surface area (TPSA) is 80.9 Å². The number of aliphatic carboxylic acids is 1. The molecular weight excluding hydrogens is 382 g/mol. The molecule has 6 heteroatoms. The Bertz CT molecular complexity index is 960. The van der Waals surface area contributed by atoms with Gasteiger partial charge in [-0.05, 0) is 73.5 Å². The van der Waals surface area contributed by atoms with E-state index >= 15 is 0 Å². The first-order chi connectivity index (χ1) is 14.5. The van der Waals surface area contributed by atoms with Crippen LogP contribution in [0.2, 0.25) is 0 Å². The van der Waals surface area contributed by atoms with Crippen LogP contribution in [0.25, 0.3) is 11.3 Å². The van der Waals surface area contributed by atoms with Crippen LogP contribution in [0.4, 0.5) is 0 Å². The van der Waals surface area contributed by atoms with Gasteiger partial charge in [0.1, 0.15) is 18.1 Å². The van der Waals surface area contributed by atoms with Crippen molar-refractivity contribution in [3.63, 3.8) is 0 Å². The van der Waals surface area contributed by atoms with Gasteiger partial charge in [-0.25, -0.2) is 4.79 Å². The summed E-state index contributed by atoms with van der Waals surface area (Å²) in [7, 11) is 0. The largest absolute Gasteiger partial charge is 0.508 e. The van der Waals surface area contributed by atoms with Crippen LogP contribution in [-0.2, 0) is 22.5 Å². The molecule has 3 rings (SSSR count). The Balaban J connectivity index is 1.59. The number of rotatable bonds is 10. The molecule has 0 aliphatic rings. The predicted octanol–water partition coefficient (Wildman–Crippen LogP) is 4.28. The number of carboxylic acids is 1. The summed E-state index contributed by atoms with van der Waals surface area (Å²) in [6, 6.07) is 18.7. The lowest BCUT2D eigenvalue weighted by Gasteiger charge is -2.14. The van der Waals surface area contributed by atoms with Crippen molar-refractivity contribution in [1.82, 2.24) is 4.57 Å². The molecule has 2 aromatic carbocycles. The Labute approximate surface area is 176 Å². The highest BCUT2D eigenvalue weighted by molar-refractivity contribution is 5.72. The van der Waals surface area contributed by atoms with E-state index in [9.17, 15) is 15.0 Å². The average molecular weight is 409 g/mol. The fourth-order valence-electron chi connectivity index (χ4n) is 3.36. The van der Waals surface area contributed by atoms with Crippen molar-refractivity contribution in [2.75, 3.05) is 13.2 Å². The Morgan fingerprint density at radius 2 is 1.73 bits per heavy atom. The molecule has 0 saturated heterocycles. The average Bonchev–Trinajstić information content (AvgIpc) is 3.10. The van der Waals surface area contributed by atoms with Gasteiger partial charge in [0.05, 0.1) is 6.54 Å². The Kier molecular flexibility index (Phi) is 7.14.